The van der Waals surface area contributed by atoms with Crippen LogP contribution in [-0.2, 0) is 0 Å². The van der Waals surface area contributed by atoms with Crippen molar-refractivity contribution in [2.24, 2.45) is 0 Å². The largest absolute Gasteiger partial charge is 0.497 e. The molecule has 19 heavy (non-hydrogen) atoms. The van der Waals surface area contributed by atoms with Gasteiger partial charge < -0.3 is 10.1 Å². The Balaban J connectivity index is 2.63. The molecular formula is C14H17NO2S2. The number of methoxy groups -OCH3 is 1. The predicted molar refractivity (Wildman–Crippen MR) is 82.8 cm³/mol. The van der Waals surface area contributed by atoms with E-state index in [1.807, 2.05) is 18.2 Å². The summed E-state index contributed by atoms with van der Waals surface area (Å²) in [4.78, 5) is 13.8. The molecule has 0 radical (unpaired) electrons. The van der Waals surface area contributed by atoms with Crippen molar-refractivity contribution in [3.8, 4) is 5.75 Å². The maximum atomic E-state index is 12.0. The highest BCUT2D eigenvalue weighted by Crippen LogP contribution is 2.41. The van der Waals surface area contributed by atoms with E-state index < -0.39 is 0 Å². The fraction of sp³-hybridized carbons (Fsp3) is 0.357. The third-order valence-electron chi connectivity index (χ3n) is 2.64. The van der Waals surface area contributed by atoms with Gasteiger partial charge in [0.1, 0.15) is 10.6 Å². The fourth-order valence-corrected chi connectivity index (χ4v) is 4.12. The zero-order valence-electron chi connectivity index (χ0n) is 11.4. The lowest BCUT2D eigenvalue weighted by atomic mass is 10.2. The topological polar surface area (TPSA) is 38.3 Å². The first kappa shape index (κ1) is 14.2. The van der Waals surface area contributed by atoms with Crippen LogP contribution in [0.25, 0.3) is 10.1 Å². The van der Waals surface area contributed by atoms with Crippen molar-refractivity contribution in [2.45, 2.75) is 24.0 Å². The number of benzene rings is 1. The summed E-state index contributed by atoms with van der Waals surface area (Å²) >= 11 is 3.25. The van der Waals surface area contributed by atoms with Crippen molar-refractivity contribution >= 4 is 39.1 Å². The molecule has 1 heterocycles. The lowest BCUT2D eigenvalue weighted by molar-refractivity contribution is 0.0964. The molecular weight excluding hydrogens is 278 g/mol. The lowest BCUT2D eigenvalue weighted by Crippen LogP contribution is -2.17. The van der Waals surface area contributed by atoms with Gasteiger partial charge in [0.25, 0.3) is 5.91 Å². The maximum Gasteiger partial charge on any atom is 0.262 e. The molecule has 2 rings (SSSR count). The second kappa shape index (κ2) is 5.84. The number of nitrogens with one attached hydrogen (secondary N) is 1. The van der Waals surface area contributed by atoms with Crippen molar-refractivity contribution in [3.63, 3.8) is 0 Å². The van der Waals surface area contributed by atoms with Crippen LogP contribution in [0.4, 0.5) is 0 Å². The van der Waals surface area contributed by atoms with Gasteiger partial charge in [0, 0.05) is 27.3 Å². The predicted octanol–water partition coefficient (Wildman–Crippen LogP) is 3.77. The fourth-order valence-electron chi connectivity index (χ4n) is 1.80. The normalized spacial score (nSPS) is 11.0. The van der Waals surface area contributed by atoms with Gasteiger partial charge in [-0.1, -0.05) is 13.8 Å². The van der Waals surface area contributed by atoms with E-state index >= 15 is 0 Å². The number of carbonyl (C=O) groups excluding carboxylic acids is 1. The number of ether oxygens (including phenoxy) is 1. The molecule has 102 valence electrons. The Morgan fingerprint density at radius 2 is 2.16 bits per heavy atom. The van der Waals surface area contributed by atoms with E-state index in [0.29, 0.717) is 5.25 Å². The van der Waals surface area contributed by atoms with E-state index in [2.05, 4.69) is 19.2 Å². The second-order valence-corrected chi connectivity index (χ2v) is 7.01. The molecule has 0 fully saturated rings. The van der Waals surface area contributed by atoms with Crippen LogP contribution in [0.1, 0.15) is 23.5 Å². The van der Waals surface area contributed by atoms with Crippen molar-refractivity contribution < 1.29 is 9.53 Å². The molecule has 1 aromatic carbocycles. The van der Waals surface area contributed by atoms with Gasteiger partial charge >= 0.3 is 0 Å². The monoisotopic (exact) mass is 295 g/mol. The van der Waals surface area contributed by atoms with Crippen LogP contribution in [0.5, 0.6) is 5.75 Å². The number of fused-ring (bicyclic) bond motifs is 1. The highest BCUT2D eigenvalue weighted by Gasteiger charge is 2.19. The molecule has 5 heteroatoms. The van der Waals surface area contributed by atoms with Crippen LogP contribution in [0.2, 0.25) is 0 Å². The molecule has 0 atom stereocenters. The van der Waals surface area contributed by atoms with Gasteiger partial charge in [0.15, 0.2) is 0 Å². The molecule has 0 aliphatic heterocycles. The molecule has 0 bridgehead atoms. The van der Waals surface area contributed by atoms with Crippen molar-refractivity contribution in [3.05, 3.63) is 23.1 Å². The number of thioether (sulfide) groups is 1. The highest BCUT2D eigenvalue weighted by molar-refractivity contribution is 8.00. The van der Waals surface area contributed by atoms with Crippen LogP contribution in [0, 0.1) is 0 Å². The van der Waals surface area contributed by atoms with E-state index in [1.165, 1.54) is 11.3 Å². The third kappa shape index (κ3) is 2.87. The van der Waals surface area contributed by atoms with Gasteiger partial charge in [-0.15, -0.1) is 23.1 Å². The SMILES string of the molecule is CNC(=O)c1sc2ccc(OC)cc2c1SC(C)C. The van der Waals surface area contributed by atoms with Gasteiger partial charge in [0.05, 0.1) is 7.11 Å². The van der Waals surface area contributed by atoms with Gasteiger partial charge in [0.2, 0.25) is 0 Å². The van der Waals surface area contributed by atoms with Crippen LogP contribution < -0.4 is 10.1 Å². The van der Waals surface area contributed by atoms with Gasteiger partial charge in [-0.2, -0.15) is 0 Å². The quantitative estimate of drug-likeness (QED) is 0.873. The van der Waals surface area contributed by atoms with E-state index in [4.69, 9.17) is 4.74 Å². The van der Waals surface area contributed by atoms with Crippen LogP contribution >= 0.6 is 23.1 Å². The molecule has 0 aliphatic rings. The molecule has 0 saturated heterocycles. The number of amides is 1. The molecule has 0 spiro atoms. The van der Waals surface area contributed by atoms with E-state index in [1.54, 1.807) is 25.9 Å². The number of rotatable bonds is 4. The van der Waals surface area contributed by atoms with E-state index in [-0.39, 0.29) is 5.91 Å². The first-order valence-electron chi connectivity index (χ1n) is 6.06. The first-order chi connectivity index (χ1) is 9.06. The lowest BCUT2D eigenvalue weighted by Gasteiger charge is -2.07. The molecule has 2 aromatic rings. The summed E-state index contributed by atoms with van der Waals surface area (Å²) in [7, 11) is 3.32. The Morgan fingerprint density at radius 3 is 2.74 bits per heavy atom. The Morgan fingerprint density at radius 1 is 1.42 bits per heavy atom. The van der Waals surface area contributed by atoms with Gasteiger partial charge in [-0.3, -0.25) is 4.79 Å². The minimum absolute atomic E-state index is 0.0247. The molecule has 1 amide bonds. The molecule has 0 saturated carbocycles. The van der Waals surface area contributed by atoms with Gasteiger partial charge in [-0.05, 0) is 18.2 Å². The standard InChI is InChI=1S/C14H17NO2S2/c1-8(2)18-12-10-7-9(17-4)5-6-11(10)19-13(12)14(16)15-3/h5-8H,1-4H3,(H,15,16). The summed E-state index contributed by atoms with van der Waals surface area (Å²) in [6.45, 7) is 4.25. The number of thiophene rings is 1. The Kier molecular flexibility index (Phi) is 4.37. The maximum absolute atomic E-state index is 12.0. The Bertz CT molecular complexity index is 605. The van der Waals surface area contributed by atoms with E-state index in [9.17, 15) is 4.79 Å². The molecule has 3 nitrogen and oxygen atoms in total. The van der Waals surface area contributed by atoms with Crippen LogP contribution in [0.3, 0.4) is 0 Å². The number of hydrogen-bond donors (Lipinski definition) is 1. The smallest absolute Gasteiger partial charge is 0.262 e. The van der Waals surface area contributed by atoms with Crippen molar-refractivity contribution in [1.29, 1.82) is 0 Å². The highest BCUT2D eigenvalue weighted by atomic mass is 32.2. The van der Waals surface area contributed by atoms with Gasteiger partial charge in [-0.25, -0.2) is 0 Å². The number of carbonyl (C=O) groups is 1. The summed E-state index contributed by atoms with van der Waals surface area (Å²) < 4.78 is 6.39. The van der Waals surface area contributed by atoms with Crippen LogP contribution in [0.15, 0.2) is 23.1 Å². The average molecular weight is 295 g/mol. The Labute approximate surface area is 121 Å². The third-order valence-corrected chi connectivity index (χ3v) is 5.07. The average Bonchev–Trinajstić information content (AvgIpc) is 2.75. The summed E-state index contributed by atoms with van der Waals surface area (Å²) in [6, 6.07) is 5.94. The zero-order chi connectivity index (χ0) is 14.0. The van der Waals surface area contributed by atoms with Crippen molar-refractivity contribution in [2.75, 3.05) is 14.2 Å². The summed E-state index contributed by atoms with van der Waals surface area (Å²) in [5.41, 5.74) is 0. The second-order valence-electron chi connectivity index (χ2n) is 4.37. The summed E-state index contributed by atoms with van der Waals surface area (Å²) in [5.74, 6) is 0.794. The zero-order valence-corrected chi connectivity index (χ0v) is 13.1. The molecule has 1 N–H and O–H groups in total. The van der Waals surface area contributed by atoms with E-state index in [0.717, 1.165) is 25.6 Å². The molecule has 0 aliphatic carbocycles. The first-order valence-corrected chi connectivity index (χ1v) is 7.75. The van der Waals surface area contributed by atoms with Crippen LogP contribution in [-0.4, -0.2) is 25.3 Å². The minimum Gasteiger partial charge on any atom is -0.497 e. The van der Waals surface area contributed by atoms with Crippen molar-refractivity contribution in [1.82, 2.24) is 5.32 Å². The summed E-state index contributed by atoms with van der Waals surface area (Å²) in [6.07, 6.45) is 0. The molecule has 1 aromatic heterocycles. The number of hydrogen-bond acceptors (Lipinski definition) is 4. The Hall–Kier alpha value is -1.20. The minimum atomic E-state index is -0.0247. The molecule has 0 unspecified atom stereocenters. The summed E-state index contributed by atoms with van der Waals surface area (Å²) in [5, 5.41) is 4.23.